The summed E-state index contributed by atoms with van der Waals surface area (Å²) in [6.45, 7) is 0.0309. The summed E-state index contributed by atoms with van der Waals surface area (Å²) in [7, 11) is 1.84. The van der Waals surface area contributed by atoms with Crippen LogP contribution in [0.25, 0.3) is 0 Å². The predicted octanol–water partition coefficient (Wildman–Crippen LogP) is 1.06. The average Bonchev–Trinajstić information content (AvgIpc) is 2.87. The molecule has 0 saturated heterocycles. The van der Waals surface area contributed by atoms with Crippen LogP contribution in [0.2, 0.25) is 0 Å². The summed E-state index contributed by atoms with van der Waals surface area (Å²) in [5, 5.41) is 12.4. The zero-order chi connectivity index (χ0) is 11.6. The second kappa shape index (κ2) is 4.29. The first kappa shape index (κ1) is 11.2. The predicted molar refractivity (Wildman–Crippen MR) is 61.2 cm³/mol. The monoisotopic (exact) mass is 222 g/mol. The Morgan fingerprint density at radius 1 is 1.56 bits per heavy atom. The molecule has 1 aromatic rings. The normalized spacial score (nSPS) is 18.6. The number of aryl methyl sites for hydroxylation is 1. The third-order valence-corrected chi connectivity index (χ3v) is 3.42. The molecule has 1 aliphatic rings. The number of carbonyl (C=O) groups excluding carboxylic acids is 1. The molecule has 2 N–H and O–H groups in total. The van der Waals surface area contributed by atoms with E-state index in [0.717, 1.165) is 25.7 Å². The largest absolute Gasteiger partial charge is 0.394 e. The Hall–Kier alpha value is -1.29. The molecule has 0 aromatic carbocycles. The first-order valence-electron chi connectivity index (χ1n) is 5.72. The Labute approximate surface area is 95.3 Å². The molecule has 1 amide bonds. The molecule has 1 heterocycles. The number of nitrogens with zero attached hydrogens (tertiary/aromatic N) is 1. The van der Waals surface area contributed by atoms with Gasteiger partial charge in [0.15, 0.2) is 0 Å². The smallest absolute Gasteiger partial charge is 0.268 e. The molecule has 4 nitrogen and oxygen atoms in total. The summed E-state index contributed by atoms with van der Waals surface area (Å²) in [5.74, 6) is -0.0940. The lowest BCUT2D eigenvalue weighted by Gasteiger charge is -2.27. The number of aliphatic hydroxyl groups excluding tert-OH is 1. The Bertz CT molecular complexity index is 378. The van der Waals surface area contributed by atoms with Crippen molar-refractivity contribution < 1.29 is 9.90 Å². The van der Waals surface area contributed by atoms with Gasteiger partial charge in [0, 0.05) is 13.2 Å². The minimum atomic E-state index is -0.388. The minimum Gasteiger partial charge on any atom is -0.394 e. The third kappa shape index (κ3) is 1.97. The van der Waals surface area contributed by atoms with Gasteiger partial charge in [-0.2, -0.15) is 0 Å². The van der Waals surface area contributed by atoms with Crippen LogP contribution in [-0.2, 0) is 7.05 Å². The van der Waals surface area contributed by atoms with E-state index in [0.29, 0.717) is 5.69 Å². The minimum absolute atomic E-state index is 0.0309. The molecular weight excluding hydrogens is 204 g/mol. The number of nitrogens with one attached hydrogen (secondary N) is 1. The molecule has 88 valence electrons. The molecular formula is C12H18N2O2. The van der Waals surface area contributed by atoms with Crippen LogP contribution in [0.5, 0.6) is 0 Å². The van der Waals surface area contributed by atoms with Crippen LogP contribution in [0.4, 0.5) is 0 Å². The van der Waals surface area contributed by atoms with Gasteiger partial charge in [-0.05, 0) is 25.0 Å². The van der Waals surface area contributed by atoms with Crippen LogP contribution in [0.15, 0.2) is 18.3 Å². The number of aromatic nitrogens is 1. The lowest BCUT2D eigenvalue weighted by molar-refractivity contribution is 0.0830. The molecule has 0 atom stereocenters. The van der Waals surface area contributed by atoms with E-state index in [4.69, 9.17) is 0 Å². The van der Waals surface area contributed by atoms with Crippen molar-refractivity contribution in [2.75, 3.05) is 6.61 Å². The highest BCUT2D eigenvalue weighted by Crippen LogP contribution is 2.29. The third-order valence-electron chi connectivity index (χ3n) is 3.42. The summed E-state index contributed by atoms with van der Waals surface area (Å²) in [6, 6.07) is 3.63. The van der Waals surface area contributed by atoms with E-state index in [-0.39, 0.29) is 18.1 Å². The molecule has 1 aliphatic carbocycles. The number of carbonyl (C=O) groups is 1. The van der Waals surface area contributed by atoms with Crippen molar-refractivity contribution in [3.63, 3.8) is 0 Å². The fourth-order valence-electron chi connectivity index (χ4n) is 2.38. The molecule has 0 aliphatic heterocycles. The molecule has 1 fully saturated rings. The number of rotatable bonds is 3. The van der Waals surface area contributed by atoms with Gasteiger partial charge in [0.1, 0.15) is 5.69 Å². The van der Waals surface area contributed by atoms with Crippen molar-refractivity contribution in [1.82, 2.24) is 9.88 Å². The topological polar surface area (TPSA) is 54.3 Å². The maximum atomic E-state index is 12.0. The number of hydrogen-bond acceptors (Lipinski definition) is 2. The van der Waals surface area contributed by atoms with E-state index < -0.39 is 0 Å². The van der Waals surface area contributed by atoms with Gasteiger partial charge in [-0.3, -0.25) is 4.79 Å². The van der Waals surface area contributed by atoms with Gasteiger partial charge >= 0.3 is 0 Å². The summed E-state index contributed by atoms with van der Waals surface area (Å²) < 4.78 is 1.79. The maximum absolute atomic E-state index is 12.0. The molecule has 0 spiro atoms. The molecule has 0 bridgehead atoms. The van der Waals surface area contributed by atoms with E-state index in [1.54, 1.807) is 10.6 Å². The quantitative estimate of drug-likeness (QED) is 0.803. The van der Waals surface area contributed by atoms with E-state index in [1.807, 2.05) is 19.3 Å². The van der Waals surface area contributed by atoms with Crippen LogP contribution in [0.3, 0.4) is 0 Å². The molecule has 0 unspecified atom stereocenters. The Morgan fingerprint density at radius 2 is 2.25 bits per heavy atom. The van der Waals surface area contributed by atoms with Gasteiger partial charge in [-0.25, -0.2) is 0 Å². The first-order valence-corrected chi connectivity index (χ1v) is 5.72. The SMILES string of the molecule is Cn1cccc1C(=O)NC1(CO)CCCC1. The van der Waals surface area contributed by atoms with Crippen molar-refractivity contribution in [1.29, 1.82) is 0 Å². The van der Waals surface area contributed by atoms with Crippen molar-refractivity contribution in [3.05, 3.63) is 24.0 Å². The van der Waals surface area contributed by atoms with Crippen LogP contribution in [0.1, 0.15) is 36.2 Å². The van der Waals surface area contributed by atoms with E-state index in [1.165, 1.54) is 0 Å². The highest BCUT2D eigenvalue weighted by molar-refractivity contribution is 5.93. The van der Waals surface area contributed by atoms with Crippen LogP contribution >= 0.6 is 0 Å². The number of hydrogen-bond donors (Lipinski definition) is 2. The van der Waals surface area contributed by atoms with Crippen molar-refractivity contribution in [2.45, 2.75) is 31.2 Å². The average molecular weight is 222 g/mol. The summed E-state index contributed by atoms with van der Waals surface area (Å²) in [6.07, 6.45) is 5.75. The van der Waals surface area contributed by atoms with Gasteiger partial charge in [0.05, 0.1) is 12.1 Å². The van der Waals surface area contributed by atoms with Crippen LogP contribution in [0, 0.1) is 0 Å². The first-order chi connectivity index (χ1) is 7.67. The lowest BCUT2D eigenvalue weighted by Crippen LogP contribution is -2.49. The number of aliphatic hydroxyl groups is 1. The Kier molecular flexibility index (Phi) is 3.01. The Balaban J connectivity index is 2.09. The molecule has 1 saturated carbocycles. The second-order valence-electron chi connectivity index (χ2n) is 4.60. The molecule has 2 rings (SSSR count). The zero-order valence-corrected chi connectivity index (χ0v) is 9.57. The highest BCUT2D eigenvalue weighted by Gasteiger charge is 2.35. The highest BCUT2D eigenvalue weighted by atomic mass is 16.3. The van der Waals surface area contributed by atoms with Gasteiger partial charge in [0.25, 0.3) is 5.91 Å². The van der Waals surface area contributed by atoms with Gasteiger partial charge in [-0.15, -0.1) is 0 Å². The van der Waals surface area contributed by atoms with Gasteiger partial charge in [0.2, 0.25) is 0 Å². The maximum Gasteiger partial charge on any atom is 0.268 e. The van der Waals surface area contributed by atoms with Gasteiger partial charge < -0.3 is 15.0 Å². The summed E-state index contributed by atoms with van der Waals surface area (Å²) >= 11 is 0. The Morgan fingerprint density at radius 3 is 2.75 bits per heavy atom. The fourth-order valence-corrected chi connectivity index (χ4v) is 2.38. The van der Waals surface area contributed by atoms with Crippen LogP contribution < -0.4 is 5.32 Å². The molecule has 1 aromatic heterocycles. The van der Waals surface area contributed by atoms with Gasteiger partial charge in [-0.1, -0.05) is 12.8 Å². The molecule has 0 radical (unpaired) electrons. The second-order valence-corrected chi connectivity index (χ2v) is 4.60. The molecule has 4 heteroatoms. The number of amides is 1. The molecule has 16 heavy (non-hydrogen) atoms. The van der Waals surface area contributed by atoms with E-state index in [2.05, 4.69) is 5.32 Å². The summed E-state index contributed by atoms with van der Waals surface area (Å²) in [4.78, 5) is 12.0. The van der Waals surface area contributed by atoms with Crippen LogP contribution in [-0.4, -0.2) is 27.7 Å². The van der Waals surface area contributed by atoms with Crippen molar-refractivity contribution in [2.24, 2.45) is 7.05 Å². The standard InChI is InChI=1S/C12H18N2O2/c1-14-8-4-5-10(14)11(16)13-12(9-15)6-2-3-7-12/h4-5,8,15H,2-3,6-7,9H2,1H3,(H,13,16). The van der Waals surface area contributed by atoms with E-state index >= 15 is 0 Å². The fraction of sp³-hybridized carbons (Fsp3) is 0.583. The lowest BCUT2D eigenvalue weighted by atomic mass is 9.99. The van der Waals surface area contributed by atoms with E-state index in [9.17, 15) is 9.90 Å². The summed E-state index contributed by atoms with van der Waals surface area (Å²) in [5.41, 5.74) is 0.251. The zero-order valence-electron chi connectivity index (χ0n) is 9.57. The van der Waals surface area contributed by atoms with Crippen molar-refractivity contribution >= 4 is 5.91 Å². The van der Waals surface area contributed by atoms with Crippen molar-refractivity contribution in [3.8, 4) is 0 Å².